The summed E-state index contributed by atoms with van der Waals surface area (Å²) in [6, 6.07) is 4.26. The van der Waals surface area contributed by atoms with E-state index in [1.165, 1.54) is 17.0 Å². The normalized spacial score (nSPS) is 16.2. The second-order valence-corrected chi connectivity index (χ2v) is 6.12. The maximum Gasteiger partial charge on any atom is 0.416 e. The monoisotopic (exact) mass is 388 g/mol. The van der Waals surface area contributed by atoms with E-state index in [2.05, 4.69) is 10.3 Å². The highest BCUT2D eigenvalue weighted by molar-refractivity contribution is 6.04. The number of amides is 1. The maximum absolute atomic E-state index is 12.8. The van der Waals surface area contributed by atoms with E-state index in [-0.39, 0.29) is 18.2 Å². The number of aliphatic imine (C=N–C) groups is 1. The number of nitrogens with one attached hydrogen (secondary N) is 2. The Bertz CT molecular complexity index is 644. The summed E-state index contributed by atoms with van der Waals surface area (Å²) in [6.07, 6.45) is -3.69. The summed E-state index contributed by atoms with van der Waals surface area (Å²) < 4.78 is 48.9. The fraction of sp³-hybridized carbons (Fsp3) is 0.556. The molecule has 0 saturated carbocycles. The minimum absolute atomic E-state index is 0.0249. The molecule has 1 fully saturated rings. The Kier molecular flexibility index (Phi) is 8.05. The van der Waals surface area contributed by atoms with Gasteiger partial charge in [0.05, 0.1) is 31.9 Å². The van der Waals surface area contributed by atoms with Crippen molar-refractivity contribution in [3.05, 3.63) is 35.4 Å². The molecule has 6 nitrogen and oxygen atoms in total. The van der Waals surface area contributed by atoms with Gasteiger partial charge < -0.3 is 14.4 Å². The molecule has 0 atom stereocenters. The summed E-state index contributed by atoms with van der Waals surface area (Å²) >= 11 is 0. The predicted octanol–water partition coefficient (Wildman–Crippen LogP) is 1.13. The number of nitrogens with zero attached hydrogens (tertiary/aromatic N) is 1. The SMILES string of the molecule is CCOC(=NCCC[NH+]1CCOCC1)NC(=O)c1cccc(C(F)(F)F)c1. The molecule has 2 N–H and O–H groups in total. The summed E-state index contributed by atoms with van der Waals surface area (Å²) in [4.78, 5) is 17.9. The van der Waals surface area contributed by atoms with Gasteiger partial charge in [0, 0.05) is 18.5 Å². The molecule has 1 aromatic carbocycles. The van der Waals surface area contributed by atoms with Gasteiger partial charge in [-0.15, -0.1) is 0 Å². The van der Waals surface area contributed by atoms with Gasteiger partial charge in [0.1, 0.15) is 13.1 Å². The number of carbonyl (C=O) groups excluding carboxylic acids is 1. The third-order valence-corrected chi connectivity index (χ3v) is 4.10. The molecule has 1 aliphatic rings. The molecule has 2 rings (SSSR count). The van der Waals surface area contributed by atoms with Crippen LogP contribution in [0.3, 0.4) is 0 Å². The number of morpholine rings is 1. The van der Waals surface area contributed by atoms with Crippen molar-refractivity contribution in [3.8, 4) is 0 Å². The van der Waals surface area contributed by atoms with E-state index in [1.807, 2.05) is 0 Å². The molecule has 0 aromatic heterocycles. The summed E-state index contributed by atoms with van der Waals surface area (Å²) in [5.41, 5.74) is -0.978. The molecule has 0 spiro atoms. The fourth-order valence-electron chi connectivity index (χ4n) is 2.68. The number of hydrogen-bond acceptors (Lipinski definition) is 4. The largest absolute Gasteiger partial charge is 0.465 e. The van der Waals surface area contributed by atoms with Crippen LogP contribution < -0.4 is 10.2 Å². The molecule has 27 heavy (non-hydrogen) atoms. The van der Waals surface area contributed by atoms with Crippen LogP contribution >= 0.6 is 0 Å². The van der Waals surface area contributed by atoms with Gasteiger partial charge in [0.15, 0.2) is 0 Å². The molecule has 0 aliphatic carbocycles. The molecule has 9 heteroatoms. The quantitative estimate of drug-likeness (QED) is 0.436. The van der Waals surface area contributed by atoms with Gasteiger partial charge in [-0.1, -0.05) is 6.07 Å². The van der Waals surface area contributed by atoms with Crippen LogP contribution in [-0.2, 0) is 15.7 Å². The van der Waals surface area contributed by atoms with E-state index in [0.717, 1.165) is 51.4 Å². The first-order chi connectivity index (χ1) is 12.9. The lowest BCUT2D eigenvalue weighted by molar-refractivity contribution is -0.908. The highest BCUT2D eigenvalue weighted by atomic mass is 19.4. The summed E-state index contributed by atoms with van der Waals surface area (Å²) in [6.45, 7) is 6.88. The molecule has 1 heterocycles. The van der Waals surface area contributed by atoms with Crippen LogP contribution in [0.4, 0.5) is 13.2 Å². The van der Waals surface area contributed by atoms with Crippen molar-refractivity contribution < 1.29 is 32.3 Å². The van der Waals surface area contributed by atoms with Crippen LogP contribution in [0, 0.1) is 0 Å². The second-order valence-electron chi connectivity index (χ2n) is 6.12. The molecule has 1 aromatic rings. The van der Waals surface area contributed by atoms with Crippen LogP contribution in [0.5, 0.6) is 0 Å². The highest BCUT2D eigenvalue weighted by Crippen LogP contribution is 2.29. The van der Waals surface area contributed by atoms with Crippen molar-refractivity contribution in [1.29, 1.82) is 0 Å². The first-order valence-electron chi connectivity index (χ1n) is 8.97. The molecule has 1 amide bonds. The van der Waals surface area contributed by atoms with E-state index in [1.54, 1.807) is 6.92 Å². The zero-order valence-corrected chi connectivity index (χ0v) is 15.3. The predicted molar refractivity (Wildman–Crippen MR) is 93.8 cm³/mol. The molecular weight excluding hydrogens is 363 g/mol. The topological polar surface area (TPSA) is 64.4 Å². The zero-order valence-electron chi connectivity index (χ0n) is 15.3. The summed E-state index contributed by atoms with van der Waals surface area (Å²) in [5.74, 6) is -0.688. The Labute approximate surface area is 156 Å². The van der Waals surface area contributed by atoms with Crippen LogP contribution in [0.25, 0.3) is 0 Å². The van der Waals surface area contributed by atoms with Crippen LogP contribution in [0.15, 0.2) is 29.3 Å². The van der Waals surface area contributed by atoms with Crippen molar-refractivity contribution in [3.63, 3.8) is 0 Å². The Morgan fingerprint density at radius 2 is 2.07 bits per heavy atom. The number of hydrogen-bond donors (Lipinski definition) is 2. The first kappa shape index (κ1) is 21.2. The Morgan fingerprint density at radius 1 is 1.33 bits per heavy atom. The number of alkyl halides is 3. The Morgan fingerprint density at radius 3 is 2.74 bits per heavy atom. The Hall–Kier alpha value is -2.13. The zero-order chi connectivity index (χ0) is 19.7. The van der Waals surface area contributed by atoms with Gasteiger partial charge in [0.2, 0.25) is 0 Å². The van der Waals surface area contributed by atoms with Gasteiger partial charge in [-0.25, -0.2) is 4.99 Å². The maximum atomic E-state index is 12.8. The lowest BCUT2D eigenvalue weighted by atomic mass is 10.1. The number of quaternary nitrogens is 1. The average Bonchev–Trinajstić information content (AvgIpc) is 2.65. The van der Waals surface area contributed by atoms with Crippen LogP contribution in [0.1, 0.15) is 29.3 Å². The van der Waals surface area contributed by atoms with E-state index < -0.39 is 17.6 Å². The molecule has 150 valence electrons. The van der Waals surface area contributed by atoms with E-state index >= 15 is 0 Å². The van der Waals surface area contributed by atoms with Gasteiger partial charge in [-0.2, -0.15) is 13.2 Å². The Balaban J connectivity index is 1.91. The second kappa shape index (κ2) is 10.3. The average molecular weight is 388 g/mol. The van der Waals surface area contributed by atoms with Crippen molar-refractivity contribution in [2.45, 2.75) is 19.5 Å². The molecule has 1 saturated heterocycles. The standard InChI is InChI=1S/C18H24F3N3O3/c1-2-27-17(22-7-4-8-24-9-11-26-12-10-24)23-16(25)14-5-3-6-15(13-14)18(19,20)21/h3,5-6,13H,2,4,7-12H2,1H3,(H,22,23,25)/p+1. The van der Waals surface area contributed by atoms with E-state index in [4.69, 9.17) is 9.47 Å². The minimum Gasteiger partial charge on any atom is -0.465 e. The van der Waals surface area contributed by atoms with Gasteiger partial charge in [-0.05, 0) is 25.1 Å². The van der Waals surface area contributed by atoms with Crippen molar-refractivity contribution >= 4 is 11.9 Å². The van der Waals surface area contributed by atoms with Crippen LogP contribution in [-0.4, -0.2) is 57.9 Å². The number of benzene rings is 1. The fourth-order valence-corrected chi connectivity index (χ4v) is 2.68. The van der Waals surface area contributed by atoms with Crippen molar-refractivity contribution in [2.24, 2.45) is 4.99 Å². The molecule has 0 bridgehead atoms. The van der Waals surface area contributed by atoms with Crippen LogP contribution in [0.2, 0.25) is 0 Å². The molecule has 0 unspecified atom stereocenters. The molecule has 1 aliphatic heterocycles. The lowest BCUT2D eigenvalue weighted by Gasteiger charge is -2.23. The first-order valence-corrected chi connectivity index (χ1v) is 8.97. The number of amidine groups is 1. The number of ether oxygens (including phenoxy) is 2. The van der Waals surface area contributed by atoms with Gasteiger partial charge >= 0.3 is 6.18 Å². The minimum atomic E-state index is -4.51. The van der Waals surface area contributed by atoms with Crippen molar-refractivity contribution in [1.82, 2.24) is 5.32 Å². The van der Waals surface area contributed by atoms with Gasteiger partial charge in [-0.3, -0.25) is 10.1 Å². The lowest BCUT2D eigenvalue weighted by Crippen LogP contribution is -3.14. The third-order valence-electron chi connectivity index (χ3n) is 4.10. The van der Waals surface area contributed by atoms with Crippen molar-refractivity contribution in [2.75, 3.05) is 46.0 Å². The van der Waals surface area contributed by atoms with Gasteiger partial charge in [0.25, 0.3) is 11.9 Å². The highest BCUT2D eigenvalue weighted by Gasteiger charge is 2.31. The number of halogens is 3. The summed E-state index contributed by atoms with van der Waals surface area (Å²) in [5, 5.41) is 2.45. The smallest absolute Gasteiger partial charge is 0.416 e. The number of rotatable bonds is 6. The molecular formula is C18H25F3N3O3+. The van der Waals surface area contributed by atoms with E-state index in [9.17, 15) is 18.0 Å². The third kappa shape index (κ3) is 7.18. The molecule has 0 radical (unpaired) electrons. The summed E-state index contributed by atoms with van der Waals surface area (Å²) in [7, 11) is 0. The van der Waals surface area contributed by atoms with E-state index in [0.29, 0.717) is 6.54 Å². The number of carbonyl (C=O) groups is 1.